The van der Waals surface area contributed by atoms with Crippen molar-refractivity contribution in [2.24, 2.45) is 0 Å². The van der Waals surface area contributed by atoms with Crippen molar-refractivity contribution in [2.75, 3.05) is 5.32 Å². The number of rotatable bonds is 4. The average Bonchev–Trinajstić information content (AvgIpc) is 2.43. The first-order chi connectivity index (χ1) is 9.88. The van der Waals surface area contributed by atoms with Gasteiger partial charge in [0.25, 0.3) is 0 Å². The van der Waals surface area contributed by atoms with E-state index in [0.29, 0.717) is 5.56 Å². The molecule has 7 heteroatoms. The van der Waals surface area contributed by atoms with E-state index in [9.17, 15) is 25.2 Å². The molecule has 110 valence electrons. The largest absolute Gasteiger partial charge is 0.508 e. The van der Waals surface area contributed by atoms with Gasteiger partial charge >= 0.3 is 5.97 Å². The van der Waals surface area contributed by atoms with Gasteiger partial charge in [-0.1, -0.05) is 0 Å². The molecule has 0 spiro atoms. The number of hydrogen-bond donors (Lipinski definition) is 6. The molecule has 0 atom stereocenters. The molecular formula is C14H13NO6. The van der Waals surface area contributed by atoms with Gasteiger partial charge in [-0.3, -0.25) is 0 Å². The second kappa shape index (κ2) is 5.49. The van der Waals surface area contributed by atoms with Gasteiger partial charge in [0.05, 0.1) is 0 Å². The Morgan fingerprint density at radius 2 is 1.71 bits per heavy atom. The second-order valence-electron chi connectivity index (χ2n) is 4.36. The van der Waals surface area contributed by atoms with Gasteiger partial charge in [0.1, 0.15) is 17.1 Å². The van der Waals surface area contributed by atoms with Gasteiger partial charge in [0, 0.05) is 23.9 Å². The van der Waals surface area contributed by atoms with Crippen molar-refractivity contribution in [1.82, 2.24) is 0 Å². The van der Waals surface area contributed by atoms with E-state index < -0.39 is 23.0 Å². The highest BCUT2D eigenvalue weighted by Crippen LogP contribution is 2.33. The van der Waals surface area contributed by atoms with E-state index in [2.05, 4.69) is 5.32 Å². The molecule has 2 aromatic carbocycles. The number of carboxylic acid groups (broad SMARTS) is 1. The Morgan fingerprint density at radius 1 is 1.00 bits per heavy atom. The predicted octanol–water partition coefficient (Wildman–Crippen LogP) is 1.82. The van der Waals surface area contributed by atoms with Crippen LogP contribution in [0.4, 0.5) is 5.69 Å². The quantitative estimate of drug-likeness (QED) is 0.374. The van der Waals surface area contributed by atoms with E-state index in [0.717, 1.165) is 12.1 Å². The fourth-order valence-corrected chi connectivity index (χ4v) is 1.80. The number of nitrogens with one attached hydrogen (secondary N) is 1. The Labute approximate surface area is 119 Å². The first-order valence-electron chi connectivity index (χ1n) is 5.92. The summed E-state index contributed by atoms with van der Waals surface area (Å²) in [6.45, 7) is 0.0868. The smallest absolute Gasteiger partial charge is 0.339 e. The molecule has 0 heterocycles. The van der Waals surface area contributed by atoms with E-state index in [1.807, 2.05) is 0 Å². The van der Waals surface area contributed by atoms with Crippen molar-refractivity contribution >= 4 is 11.7 Å². The van der Waals surface area contributed by atoms with Crippen molar-refractivity contribution in [2.45, 2.75) is 6.54 Å². The van der Waals surface area contributed by atoms with Gasteiger partial charge in [0.2, 0.25) is 0 Å². The van der Waals surface area contributed by atoms with Crippen molar-refractivity contribution in [3.63, 3.8) is 0 Å². The topological polar surface area (TPSA) is 130 Å². The average molecular weight is 291 g/mol. The van der Waals surface area contributed by atoms with Crippen molar-refractivity contribution in [3.05, 3.63) is 41.5 Å². The zero-order valence-electron chi connectivity index (χ0n) is 10.7. The lowest BCUT2D eigenvalue weighted by Crippen LogP contribution is -2.03. The maximum Gasteiger partial charge on any atom is 0.339 e. The van der Waals surface area contributed by atoms with E-state index in [1.165, 1.54) is 18.2 Å². The van der Waals surface area contributed by atoms with Crippen molar-refractivity contribution < 1.29 is 30.3 Å². The van der Waals surface area contributed by atoms with E-state index in [-0.39, 0.29) is 23.7 Å². The first-order valence-corrected chi connectivity index (χ1v) is 5.92. The van der Waals surface area contributed by atoms with E-state index in [1.54, 1.807) is 0 Å². The lowest BCUT2D eigenvalue weighted by molar-refractivity contribution is 0.0693. The fourth-order valence-electron chi connectivity index (χ4n) is 1.80. The number of anilines is 1. The van der Waals surface area contributed by atoms with Gasteiger partial charge in [-0.25, -0.2) is 4.79 Å². The molecule has 0 fully saturated rings. The Hall–Kier alpha value is -3.09. The normalized spacial score (nSPS) is 10.3. The predicted molar refractivity (Wildman–Crippen MR) is 73.8 cm³/mol. The summed E-state index contributed by atoms with van der Waals surface area (Å²) in [5.41, 5.74) is 0.183. The van der Waals surface area contributed by atoms with Crippen LogP contribution < -0.4 is 5.32 Å². The van der Waals surface area contributed by atoms with Crippen LogP contribution in [-0.4, -0.2) is 31.5 Å². The van der Waals surface area contributed by atoms with Crippen molar-refractivity contribution in [3.8, 4) is 23.0 Å². The number of aromatic hydroxyl groups is 4. The van der Waals surface area contributed by atoms with Crippen LogP contribution in [0.5, 0.6) is 23.0 Å². The molecule has 21 heavy (non-hydrogen) atoms. The number of phenolic OH excluding ortho intramolecular Hbond substituents is 3. The highest BCUT2D eigenvalue weighted by Gasteiger charge is 2.15. The number of carboxylic acids is 1. The third kappa shape index (κ3) is 3.08. The molecule has 0 bridgehead atoms. The maximum absolute atomic E-state index is 10.9. The highest BCUT2D eigenvalue weighted by atomic mass is 16.4. The molecule has 0 unspecified atom stereocenters. The number of aromatic carboxylic acids is 1. The minimum absolute atomic E-state index is 0.0237. The van der Waals surface area contributed by atoms with Crippen LogP contribution in [0, 0.1) is 0 Å². The number of benzene rings is 2. The number of hydrogen-bond acceptors (Lipinski definition) is 6. The molecule has 0 aromatic heterocycles. The SMILES string of the molecule is O=C(O)c1cc(NCc2cc(O)ccc2O)cc(O)c1O. The summed E-state index contributed by atoms with van der Waals surface area (Å²) in [6.07, 6.45) is 0. The summed E-state index contributed by atoms with van der Waals surface area (Å²) in [5, 5.41) is 49.6. The summed E-state index contributed by atoms with van der Waals surface area (Å²) < 4.78 is 0. The maximum atomic E-state index is 10.9. The van der Waals surface area contributed by atoms with Gasteiger partial charge in [-0.05, 0) is 24.3 Å². The Balaban J connectivity index is 2.24. The van der Waals surface area contributed by atoms with Gasteiger partial charge in [0.15, 0.2) is 11.5 Å². The molecular weight excluding hydrogens is 278 g/mol. The van der Waals surface area contributed by atoms with Crippen LogP contribution in [0.3, 0.4) is 0 Å². The second-order valence-corrected chi connectivity index (χ2v) is 4.36. The Morgan fingerprint density at radius 3 is 2.38 bits per heavy atom. The molecule has 0 radical (unpaired) electrons. The fraction of sp³-hybridized carbons (Fsp3) is 0.0714. The van der Waals surface area contributed by atoms with Crippen LogP contribution in [0.25, 0.3) is 0 Å². The molecule has 6 N–H and O–H groups in total. The number of phenols is 4. The summed E-state index contributed by atoms with van der Waals surface area (Å²) in [7, 11) is 0. The van der Waals surface area contributed by atoms with Crippen LogP contribution in [0.2, 0.25) is 0 Å². The Kier molecular flexibility index (Phi) is 3.75. The van der Waals surface area contributed by atoms with E-state index in [4.69, 9.17) is 5.11 Å². The monoisotopic (exact) mass is 291 g/mol. The minimum atomic E-state index is -1.38. The zero-order valence-corrected chi connectivity index (χ0v) is 10.7. The summed E-state index contributed by atoms with van der Waals surface area (Å²) in [5.74, 6) is -2.73. The molecule has 0 saturated heterocycles. The first kappa shape index (κ1) is 14.3. The highest BCUT2D eigenvalue weighted by molar-refractivity contribution is 5.93. The third-order valence-corrected chi connectivity index (χ3v) is 2.87. The molecule has 0 aliphatic carbocycles. The molecule has 7 nitrogen and oxygen atoms in total. The zero-order chi connectivity index (χ0) is 15.6. The van der Waals surface area contributed by atoms with Crippen LogP contribution in [-0.2, 0) is 6.54 Å². The van der Waals surface area contributed by atoms with Crippen molar-refractivity contribution in [1.29, 1.82) is 0 Å². The summed E-state index contributed by atoms with van der Waals surface area (Å²) in [4.78, 5) is 10.9. The standard InChI is InChI=1S/C14H13NO6/c16-9-1-2-11(17)7(3-9)6-15-8-4-10(14(20)21)13(19)12(18)5-8/h1-5,15-19H,6H2,(H,20,21). The molecule has 2 rings (SSSR count). The summed E-state index contributed by atoms with van der Waals surface area (Å²) in [6, 6.07) is 6.30. The van der Waals surface area contributed by atoms with Crippen LogP contribution in [0.15, 0.2) is 30.3 Å². The minimum Gasteiger partial charge on any atom is -0.508 e. The lowest BCUT2D eigenvalue weighted by atomic mass is 10.1. The van der Waals surface area contributed by atoms with Gasteiger partial charge in [-0.2, -0.15) is 0 Å². The third-order valence-electron chi connectivity index (χ3n) is 2.87. The molecule has 0 saturated carbocycles. The van der Waals surface area contributed by atoms with Gasteiger partial charge in [-0.15, -0.1) is 0 Å². The summed E-state index contributed by atoms with van der Waals surface area (Å²) >= 11 is 0. The van der Waals surface area contributed by atoms with E-state index >= 15 is 0 Å². The molecule has 0 aliphatic heterocycles. The number of carbonyl (C=O) groups is 1. The lowest BCUT2D eigenvalue weighted by Gasteiger charge is -2.11. The van der Waals surface area contributed by atoms with Crippen LogP contribution in [0.1, 0.15) is 15.9 Å². The Bertz CT molecular complexity index is 698. The van der Waals surface area contributed by atoms with Crippen LogP contribution >= 0.6 is 0 Å². The molecule has 0 aliphatic rings. The molecule has 0 amide bonds. The van der Waals surface area contributed by atoms with Gasteiger partial charge < -0.3 is 30.8 Å². The molecule has 2 aromatic rings.